The van der Waals surface area contributed by atoms with E-state index in [1.54, 1.807) is 6.20 Å². The number of benzene rings is 1. The molecule has 3 heterocycles. The molecular formula is C13H9N5. The maximum atomic E-state index is 4.58. The molecule has 0 bridgehead atoms. The van der Waals surface area contributed by atoms with Crippen molar-refractivity contribution in [3.05, 3.63) is 42.7 Å². The lowest BCUT2D eigenvalue weighted by molar-refractivity contribution is 1.10. The SMILES string of the molecule is c1cc(-c2ccc3cn[nH]c3n2)c2cn[nH]c2c1. The fourth-order valence-corrected chi connectivity index (χ4v) is 2.17. The lowest BCUT2D eigenvalue weighted by Gasteiger charge is -2.02. The minimum Gasteiger partial charge on any atom is -0.278 e. The molecule has 2 N–H and O–H groups in total. The van der Waals surface area contributed by atoms with E-state index in [1.807, 2.05) is 36.5 Å². The molecule has 0 amide bonds. The lowest BCUT2D eigenvalue weighted by atomic mass is 10.1. The molecule has 5 heteroatoms. The second-order valence-corrected chi connectivity index (χ2v) is 4.14. The van der Waals surface area contributed by atoms with Gasteiger partial charge in [-0.05, 0) is 18.2 Å². The first kappa shape index (κ1) is 9.35. The molecule has 5 nitrogen and oxygen atoms in total. The highest BCUT2D eigenvalue weighted by molar-refractivity contribution is 5.94. The number of rotatable bonds is 1. The number of pyridine rings is 1. The van der Waals surface area contributed by atoms with Gasteiger partial charge >= 0.3 is 0 Å². The summed E-state index contributed by atoms with van der Waals surface area (Å²) in [5.74, 6) is 0. The Hall–Kier alpha value is -2.69. The second kappa shape index (κ2) is 3.40. The van der Waals surface area contributed by atoms with Crippen molar-refractivity contribution in [3.63, 3.8) is 0 Å². The molecule has 18 heavy (non-hydrogen) atoms. The largest absolute Gasteiger partial charge is 0.278 e. The van der Waals surface area contributed by atoms with Crippen LogP contribution in [0.4, 0.5) is 0 Å². The first-order valence-electron chi connectivity index (χ1n) is 5.64. The first-order chi connectivity index (χ1) is 8.92. The van der Waals surface area contributed by atoms with Crippen molar-refractivity contribution in [1.29, 1.82) is 0 Å². The van der Waals surface area contributed by atoms with Crippen molar-refractivity contribution >= 4 is 21.9 Å². The van der Waals surface area contributed by atoms with E-state index >= 15 is 0 Å². The van der Waals surface area contributed by atoms with E-state index in [4.69, 9.17) is 0 Å². The Bertz CT molecular complexity index is 842. The van der Waals surface area contributed by atoms with Crippen molar-refractivity contribution in [3.8, 4) is 11.3 Å². The molecule has 0 aliphatic heterocycles. The van der Waals surface area contributed by atoms with Crippen LogP contribution in [0.5, 0.6) is 0 Å². The van der Waals surface area contributed by atoms with Crippen molar-refractivity contribution in [2.45, 2.75) is 0 Å². The number of hydrogen-bond acceptors (Lipinski definition) is 3. The summed E-state index contributed by atoms with van der Waals surface area (Å²) >= 11 is 0. The van der Waals surface area contributed by atoms with Gasteiger partial charge in [0.15, 0.2) is 5.65 Å². The second-order valence-electron chi connectivity index (χ2n) is 4.14. The molecular weight excluding hydrogens is 226 g/mol. The summed E-state index contributed by atoms with van der Waals surface area (Å²) < 4.78 is 0. The molecule has 3 aromatic heterocycles. The lowest BCUT2D eigenvalue weighted by Crippen LogP contribution is -1.85. The van der Waals surface area contributed by atoms with Gasteiger partial charge in [-0.25, -0.2) is 4.98 Å². The predicted octanol–water partition coefficient (Wildman–Crippen LogP) is 2.50. The van der Waals surface area contributed by atoms with Gasteiger partial charge < -0.3 is 0 Å². The minimum atomic E-state index is 0.799. The number of hydrogen-bond donors (Lipinski definition) is 2. The van der Waals surface area contributed by atoms with E-state index in [2.05, 4.69) is 25.4 Å². The molecule has 0 spiro atoms. The standard InChI is InChI=1S/C13H9N5/c1-2-9(10-7-15-17-12(10)3-1)11-5-4-8-6-14-18-13(8)16-11/h1-7H,(H,15,17)(H,14,16,18). The Morgan fingerprint density at radius 2 is 1.83 bits per heavy atom. The van der Waals surface area contributed by atoms with E-state index in [0.29, 0.717) is 0 Å². The first-order valence-corrected chi connectivity index (χ1v) is 5.64. The fourth-order valence-electron chi connectivity index (χ4n) is 2.17. The molecule has 4 rings (SSSR count). The third kappa shape index (κ3) is 1.24. The molecule has 4 aromatic rings. The Balaban J connectivity index is 2.03. The zero-order valence-corrected chi connectivity index (χ0v) is 9.38. The summed E-state index contributed by atoms with van der Waals surface area (Å²) in [6.07, 6.45) is 3.59. The Morgan fingerprint density at radius 1 is 0.889 bits per heavy atom. The van der Waals surface area contributed by atoms with Crippen LogP contribution in [0.2, 0.25) is 0 Å². The molecule has 0 saturated heterocycles. The Morgan fingerprint density at radius 3 is 2.83 bits per heavy atom. The Kier molecular flexibility index (Phi) is 1.77. The molecule has 0 atom stereocenters. The summed E-state index contributed by atoms with van der Waals surface area (Å²) in [4.78, 5) is 4.58. The van der Waals surface area contributed by atoms with Crippen molar-refractivity contribution in [1.82, 2.24) is 25.4 Å². The van der Waals surface area contributed by atoms with Gasteiger partial charge in [-0.15, -0.1) is 0 Å². The minimum absolute atomic E-state index is 0.799. The molecule has 0 fully saturated rings. The van der Waals surface area contributed by atoms with Crippen LogP contribution < -0.4 is 0 Å². The third-order valence-electron chi connectivity index (χ3n) is 3.06. The number of H-pyrrole nitrogens is 2. The average molecular weight is 235 g/mol. The van der Waals surface area contributed by atoms with Crippen LogP contribution in [0, 0.1) is 0 Å². The smallest absolute Gasteiger partial charge is 0.155 e. The monoisotopic (exact) mass is 235 g/mol. The summed E-state index contributed by atoms with van der Waals surface area (Å²) in [5.41, 5.74) is 3.79. The molecule has 86 valence electrons. The van der Waals surface area contributed by atoms with Crippen LogP contribution in [0.3, 0.4) is 0 Å². The topological polar surface area (TPSA) is 70.2 Å². The van der Waals surface area contributed by atoms with Gasteiger partial charge in [-0.1, -0.05) is 12.1 Å². The van der Waals surface area contributed by atoms with Crippen LogP contribution in [-0.2, 0) is 0 Å². The molecule has 0 saturated carbocycles. The molecule has 0 radical (unpaired) electrons. The van der Waals surface area contributed by atoms with E-state index in [9.17, 15) is 0 Å². The normalized spacial score (nSPS) is 11.3. The number of aromatic amines is 2. The van der Waals surface area contributed by atoms with Crippen LogP contribution in [-0.4, -0.2) is 25.4 Å². The highest BCUT2D eigenvalue weighted by Crippen LogP contribution is 2.26. The van der Waals surface area contributed by atoms with Gasteiger partial charge in [0.05, 0.1) is 23.6 Å². The Labute approximate surface area is 102 Å². The van der Waals surface area contributed by atoms with Crippen LogP contribution >= 0.6 is 0 Å². The molecule has 0 aliphatic carbocycles. The van der Waals surface area contributed by atoms with Crippen molar-refractivity contribution < 1.29 is 0 Å². The summed E-state index contributed by atoms with van der Waals surface area (Å²) in [6.45, 7) is 0. The average Bonchev–Trinajstić information content (AvgIpc) is 3.05. The molecule has 1 aromatic carbocycles. The number of nitrogens with one attached hydrogen (secondary N) is 2. The van der Waals surface area contributed by atoms with Crippen molar-refractivity contribution in [2.75, 3.05) is 0 Å². The van der Waals surface area contributed by atoms with Crippen molar-refractivity contribution in [2.24, 2.45) is 0 Å². The van der Waals surface area contributed by atoms with Gasteiger partial charge in [-0.2, -0.15) is 10.2 Å². The zero-order valence-electron chi connectivity index (χ0n) is 9.38. The van der Waals surface area contributed by atoms with Gasteiger partial charge in [0.25, 0.3) is 0 Å². The number of aromatic nitrogens is 5. The van der Waals surface area contributed by atoms with E-state index in [-0.39, 0.29) is 0 Å². The van der Waals surface area contributed by atoms with Gasteiger partial charge in [-0.3, -0.25) is 10.2 Å². The van der Waals surface area contributed by atoms with E-state index in [0.717, 1.165) is 33.2 Å². The number of fused-ring (bicyclic) bond motifs is 2. The summed E-state index contributed by atoms with van der Waals surface area (Å²) in [5, 5.41) is 16.0. The van der Waals surface area contributed by atoms with Crippen LogP contribution in [0.25, 0.3) is 33.2 Å². The van der Waals surface area contributed by atoms with Gasteiger partial charge in [0, 0.05) is 16.3 Å². The summed E-state index contributed by atoms with van der Waals surface area (Å²) in [6, 6.07) is 10.1. The zero-order chi connectivity index (χ0) is 11.9. The maximum absolute atomic E-state index is 4.58. The van der Waals surface area contributed by atoms with Gasteiger partial charge in [0.2, 0.25) is 0 Å². The highest BCUT2D eigenvalue weighted by atomic mass is 15.1. The van der Waals surface area contributed by atoms with Gasteiger partial charge in [0.1, 0.15) is 0 Å². The molecule has 0 unspecified atom stereocenters. The third-order valence-corrected chi connectivity index (χ3v) is 3.06. The van der Waals surface area contributed by atoms with Crippen LogP contribution in [0.15, 0.2) is 42.7 Å². The fraction of sp³-hybridized carbons (Fsp3) is 0. The summed E-state index contributed by atoms with van der Waals surface area (Å²) in [7, 11) is 0. The quantitative estimate of drug-likeness (QED) is 0.532. The van der Waals surface area contributed by atoms with Crippen LogP contribution in [0.1, 0.15) is 0 Å². The van der Waals surface area contributed by atoms with E-state index < -0.39 is 0 Å². The van der Waals surface area contributed by atoms with E-state index in [1.165, 1.54) is 0 Å². The molecule has 0 aliphatic rings. The predicted molar refractivity (Wildman–Crippen MR) is 69.0 cm³/mol. The number of nitrogens with zero attached hydrogens (tertiary/aromatic N) is 3. The maximum Gasteiger partial charge on any atom is 0.155 e. The highest BCUT2D eigenvalue weighted by Gasteiger charge is 2.07.